The number of oxime groups is 1. The highest BCUT2D eigenvalue weighted by Gasteiger charge is 2.10. The van der Waals surface area contributed by atoms with Gasteiger partial charge in [-0.3, -0.25) is 4.79 Å². The Hall–Kier alpha value is -3.80. The molecule has 0 heterocycles. The number of amides is 1. The first-order valence-corrected chi connectivity index (χ1v) is 8.15. The molecule has 0 aromatic heterocycles. The molecule has 0 bridgehead atoms. The molecule has 6 heteroatoms. The lowest BCUT2D eigenvalue weighted by Gasteiger charge is -2.05. The summed E-state index contributed by atoms with van der Waals surface area (Å²) >= 11 is 0. The molecule has 0 atom stereocenters. The zero-order valence-corrected chi connectivity index (χ0v) is 14.2. The quantitative estimate of drug-likeness (QED) is 0.408. The molecule has 5 nitrogen and oxygen atoms in total. The van der Waals surface area contributed by atoms with Crippen molar-refractivity contribution in [3.8, 4) is 11.1 Å². The Morgan fingerprint density at radius 3 is 2.19 bits per heavy atom. The Morgan fingerprint density at radius 2 is 1.52 bits per heavy atom. The van der Waals surface area contributed by atoms with E-state index in [4.69, 9.17) is 5.21 Å². The smallest absolute Gasteiger partial charge is 0.271 e. The Labute approximate surface area is 155 Å². The van der Waals surface area contributed by atoms with Crippen molar-refractivity contribution in [2.45, 2.75) is 0 Å². The summed E-state index contributed by atoms with van der Waals surface area (Å²) in [5, 5.41) is 15.5. The Bertz CT molecular complexity index is 984. The monoisotopic (exact) mass is 361 g/mol. The largest absolute Gasteiger partial charge is 0.411 e. The van der Waals surface area contributed by atoms with Gasteiger partial charge in [-0.1, -0.05) is 59.8 Å². The van der Waals surface area contributed by atoms with Crippen LogP contribution >= 0.6 is 0 Å². The normalized spacial score (nSPS) is 11.5. The molecule has 0 fully saturated rings. The fourth-order valence-corrected chi connectivity index (χ4v) is 2.50. The number of carbonyl (C=O) groups is 1. The van der Waals surface area contributed by atoms with Crippen LogP contribution in [0.3, 0.4) is 0 Å². The molecule has 27 heavy (non-hydrogen) atoms. The minimum Gasteiger partial charge on any atom is -0.411 e. The highest BCUT2D eigenvalue weighted by Crippen LogP contribution is 2.19. The number of nitrogens with zero attached hydrogens (tertiary/aromatic N) is 2. The molecular weight excluding hydrogens is 345 g/mol. The van der Waals surface area contributed by atoms with E-state index in [1.54, 1.807) is 18.2 Å². The van der Waals surface area contributed by atoms with Crippen molar-refractivity contribution in [1.29, 1.82) is 0 Å². The molecule has 0 saturated heterocycles. The van der Waals surface area contributed by atoms with Crippen molar-refractivity contribution in [3.05, 3.63) is 95.8 Å². The molecule has 134 valence electrons. The lowest BCUT2D eigenvalue weighted by atomic mass is 10.0. The first-order valence-electron chi connectivity index (χ1n) is 8.15. The Morgan fingerprint density at radius 1 is 0.889 bits per heavy atom. The van der Waals surface area contributed by atoms with Gasteiger partial charge in [0.2, 0.25) is 0 Å². The van der Waals surface area contributed by atoms with Crippen LogP contribution in [-0.4, -0.2) is 23.0 Å². The average molecular weight is 361 g/mol. The number of hydrazone groups is 1. The van der Waals surface area contributed by atoms with Crippen LogP contribution in [0.5, 0.6) is 0 Å². The lowest BCUT2D eigenvalue weighted by molar-refractivity contribution is 0.0955. The fraction of sp³-hybridized carbons (Fsp3) is 0. The van der Waals surface area contributed by atoms with Gasteiger partial charge in [0.25, 0.3) is 5.91 Å². The molecule has 0 aliphatic heterocycles. The molecule has 1 amide bonds. The highest BCUT2D eigenvalue weighted by atomic mass is 19.1. The van der Waals surface area contributed by atoms with E-state index >= 15 is 0 Å². The number of halogens is 1. The summed E-state index contributed by atoms with van der Waals surface area (Å²) in [7, 11) is 0. The van der Waals surface area contributed by atoms with Gasteiger partial charge in [0.05, 0.1) is 6.21 Å². The maximum atomic E-state index is 13.9. The molecule has 2 N–H and O–H groups in total. The second-order valence-corrected chi connectivity index (χ2v) is 5.61. The first-order chi connectivity index (χ1) is 13.2. The summed E-state index contributed by atoms with van der Waals surface area (Å²) in [6, 6.07) is 22.7. The van der Waals surface area contributed by atoms with Gasteiger partial charge in [-0.15, -0.1) is 0 Å². The van der Waals surface area contributed by atoms with Gasteiger partial charge in [0, 0.05) is 11.1 Å². The Balaban J connectivity index is 1.78. The standard InChI is InChI=1S/C21H16FN3O2/c22-19-9-5-4-8-18(19)20(14-23-27)24-25-21(26)17-12-10-16(11-13-17)15-6-2-1-3-7-15/h1-14,27H,(H,25,26). The highest BCUT2D eigenvalue weighted by molar-refractivity contribution is 6.38. The van der Waals surface area contributed by atoms with Crippen LogP contribution in [0.4, 0.5) is 4.39 Å². The van der Waals surface area contributed by atoms with E-state index in [1.165, 1.54) is 18.2 Å². The second-order valence-electron chi connectivity index (χ2n) is 5.61. The van der Waals surface area contributed by atoms with E-state index in [2.05, 4.69) is 15.7 Å². The van der Waals surface area contributed by atoms with Crippen LogP contribution in [-0.2, 0) is 0 Å². The molecular formula is C21H16FN3O2. The van der Waals surface area contributed by atoms with Crippen LogP contribution in [0.25, 0.3) is 11.1 Å². The van der Waals surface area contributed by atoms with Crippen LogP contribution < -0.4 is 5.43 Å². The molecule has 0 unspecified atom stereocenters. The summed E-state index contributed by atoms with van der Waals surface area (Å²) in [5.74, 6) is -1.01. The van der Waals surface area contributed by atoms with Crippen molar-refractivity contribution in [2.24, 2.45) is 10.3 Å². The number of benzene rings is 3. The van der Waals surface area contributed by atoms with Crippen molar-refractivity contribution >= 4 is 17.8 Å². The Kier molecular flexibility index (Phi) is 5.69. The summed E-state index contributed by atoms with van der Waals surface area (Å²) in [6.45, 7) is 0. The maximum Gasteiger partial charge on any atom is 0.271 e. The van der Waals surface area contributed by atoms with E-state index in [0.29, 0.717) is 5.56 Å². The SMILES string of the molecule is O=C(NN=C(C=NO)c1ccccc1F)c1ccc(-c2ccccc2)cc1. The van der Waals surface area contributed by atoms with Gasteiger partial charge in [-0.25, -0.2) is 9.82 Å². The zero-order chi connectivity index (χ0) is 19.1. The van der Waals surface area contributed by atoms with Crippen molar-refractivity contribution < 1.29 is 14.4 Å². The fourth-order valence-electron chi connectivity index (χ4n) is 2.50. The number of carbonyl (C=O) groups excluding carboxylic acids is 1. The molecule has 0 aliphatic carbocycles. The lowest BCUT2D eigenvalue weighted by Crippen LogP contribution is -2.21. The third kappa shape index (κ3) is 4.43. The molecule has 3 rings (SSSR count). The zero-order valence-electron chi connectivity index (χ0n) is 14.2. The van der Waals surface area contributed by atoms with Gasteiger partial charge in [0.15, 0.2) is 0 Å². The summed E-state index contributed by atoms with van der Waals surface area (Å²) in [5.41, 5.74) is 4.87. The van der Waals surface area contributed by atoms with Crippen LogP contribution in [0.15, 0.2) is 89.1 Å². The molecule has 3 aromatic carbocycles. The molecule has 0 spiro atoms. The van der Waals surface area contributed by atoms with E-state index in [-0.39, 0.29) is 11.3 Å². The maximum absolute atomic E-state index is 13.9. The van der Waals surface area contributed by atoms with Gasteiger partial charge in [-0.2, -0.15) is 5.10 Å². The molecule has 0 saturated carbocycles. The van der Waals surface area contributed by atoms with Gasteiger partial charge >= 0.3 is 0 Å². The van der Waals surface area contributed by atoms with Crippen molar-refractivity contribution in [3.63, 3.8) is 0 Å². The average Bonchev–Trinajstić information content (AvgIpc) is 2.72. The van der Waals surface area contributed by atoms with Gasteiger partial charge in [0.1, 0.15) is 11.5 Å². The molecule has 3 aromatic rings. The van der Waals surface area contributed by atoms with E-state index in [9.17, 15) is 9.18 Å². The number of hydrogen-bond donors (Lipinski definition) is 2. The molecule has 0 aliphatic rings. The van der Waals surface area contributed by atoms with Gasteiger partial charge < -0.3 is 5.21 Å². The van der Waals surface area contributed by atoms with Crippen molar-refractivity contribution in [1.82, 2.24) is 5.43 Å². The summed E-state index contributed by atoms with van der Waals surface area (Å²) in [4.78, 5) is 12.3. The van der Waals surface area contributed by atoms with Crippen LogP contribution in [0.2, 0.25) is 0 Å². The van der Waals surface area contributed by atoms with E-state index in [1.807, 2.05) is 42.5 Å². The summed E-state index contributed by atoms with van der Waals surface area (Å²) < 4.78 is 13.9. The van der Waals surface area contributed by atoms with E-state index in [0.717, 1.165) is 17.3 Å². The third-order valence-electron chi connectivity index (χ3n) is 3.86. The minimum atomic E-state index is -0.544. The van der Waals surface area contributed by atoms with Crippen LogP contribution in [0.1, 0.15) is 15.9 Å². The molecule has 0 radical (unpaired) electrons. The first kappa shape index (κ1) is 18.0. The number of rotatable bonds is 5. The van der Waals surface area contributed by atoms with Gasteiger partial charge in [-0.05, 0) is 35.4 Å². The number of hydrogen-bond acceptors (Lipinski definition) is 4. The topological polar surface area (TPSA) is 74.0 Å². The number of nitrogens with one attached hydrogen (secondary N) is 1. The second kappa shape index (κ2) is 8.53. The van der Waals surface area contributed by atoms with Crippen LogP contribution in [0, 0.1) is 5.82 Å². The van der Waals surface area contributed by atoms with Crippen molar-refractivity contribution in [2.75, 3.05) is 0 Å². The predicted molar refractivity (Wildman–Crippen MR) is 103 cm³/mol. The minimum absolute atomic E-state index is 0.00939. The van der Waals surface area contributed by atoms with E-state index < -0.39 is 11.7 Å². The predicted octanol–water partition coefficient (Wildman–Crippen LogP) is 4.09. The third-order valence-corrected chi connectivity index (χ3v) is 3.86. The summed E-state index contributed by atoms with van der Waals surface area (Å²) in [6.07, 6.45) is 0.956.